The van der Waals surface area contributed by atoms with Crippen LogP contribution in [0.4, 0.5) is 0 Å². The van der Waals surface area contributed by atoms with Crippen LogP contribution in [0.3, 0.4) is 0 Å². The minimum Gasteiger partial charge on any atom is -0.305 e. The molecule has 1 saturated heterocycles. The van der Waals surface area contributed by atoms with Gasteiger partial charge in [-0.25, -0.2) is 0 Å². The van der Waals surface area contributed by atoms with Gasteiger partial charge in [-0.2, -0.15) is 0 Å². The van der Waals surface area contributed by atoms with Crippen molar-refractivity contribution in [3.8, 4) is 0 Å². The normalized spacial score (nSPS) is 23.8. The number of hydrogen-bond donors (Lipinski definition) is 1. The van der Waals surface area contributed by atoms with Crippen LogP contribution in [-0.4, -0.2) is 34.4 Å². The van der Waals surface area contributed by atoms with Gasteiger partial charge in [0.1, 0.15) is 0 Å². The average Bonchev–Trinajstić information content (AvgIpc) is 2.96. The molecule has 2 aliphatic rings. The lowest BCUT2D eigenvalue weighted by Gasteiger charge is -2.07. The molecule has 0 aromatic rings. The molecule has 0 radical (unpaired) electrons. The van der Waals surface area contributed by atoms with Crippen molar-refractivity contribution in [3.63, 3.8) is 0 Å². The zero-order chi connectivity index (χ0) is 11.9. The van der Waals surface area contributed by atoms with Gasteiger partial charge in [0.25, 0.3) is 0 Å². The van der Waals surface area contributed by atoms with Crippen LogP contribution in [0.2, 0.25) is 0 Å². The summed E-state index contributed by atoms with van der Waals surface area (Å²) in [6.07, 6.45) is 5.43. The van der Waals surface area contributed by atoms with Crippen LogP contribution in [-0.2, 0) is 4.79 Å². The molecule has 0 bridgehead atoms. The lowest BCUT2D eigenvalue weighted by atomic mass is 10.1. The highest BCUT2D eigenvalue weighted by atomic mass is 33.1. The molecule has 96 valence electrons. The molecular formula is C11H18N2OS3. The van der Waals surface area contributed by atoms with Crippen LogP contribution in [0.15, 0.2) is 4.99 Å². The van der Waals surface area contributed by atoms with Crippen LogP contribution >= 0.6 is 33.3 Å². The second-order valence-electron chi connectivity index (χ2n) is 4.16. The molecule has 1 atom stereocenters. The minimum absolute atomic E-state index is 0.131. The topological polar surface area (TPSA) is 41.5 Å². The summed E-state index contributed by atoms with van der Waals surface area (Å²) in [5, 5.41) is 4.52. The number of unbranched alkanes of at least 4 members (excludes halogenated alkanes) is 1. The molecule has 0 spiro atoms. The summed E-state index contributed by atoms with van der Waals surface area (Å²) in [5.41, 5.74) is 0. The van der Waals surface area contributed by atoms with Gasteiger partial charge < -0.3 is 5.32 Å². The largest absolute Gasteiger partial charge is 0.305 e. The predicted octanol–water partition coefficient (Wildman–Crippen LogP) is 2.92. The molecular weight excluding hydrogens is 272 g/mol. The monoisotopic (exact) mass is 290 g/mol. The molecule has 0 aliphatic carbocycles. The second kappa shape index (κ2) is 7.59. The molecule has 1 N–H and O–H groups in total. The highest BCUT2D eigenvalue weighted by molar-refractivity contribution is 8.77. The third-order valence-electron chi connectivity index (χ3n) is 2.74. The smallest absolute Gasteiger partial charge is 0.225 e. The van der Waals surface area contributed by atoms with Crippen LogP contribution in [0, 0.1) is 0 Å². The SMILES string of the molecule is O=C(CCCCC1CCSS1)NC1=NCCS1. The van der Waals surface area contributed by atoms with Crippen molar-refractivity contribution in [1.82, 2.24) is 5.32 Å². The van der Waals surface area contributed by atoms with E-state index in [-0.39, 0.29) is 5.91 Å². The van der Waals surface area contributed by atoms with Crippen LogP contribution in [0.1, 0.15) is 32.1 Å². The summed E-state index contributed by atoms with van der Waals surface area (Å²) >= 11 is 1.64. The van der Waals surface area contributed by atoms with E-state index in [1.807, 2.05) is 21.6 Å². The molecule has 0 aromatic heterocycles. The number of carbonyl (C=O) groups excluding carboxylic acids is 1. The Morgan fingerprint density at radius 1 is 1.41 bits per heavy atom. The highest BCUT2D eigenvalue weighted by Gasteiger charge is 2.16. The number of aliphatic imine (C=N–C) groups is 1. The fraction of sp³-hybridized carbons (Fsp3) is 0.818. The van der Waals surface area contributed by atoms with E-state index in [1.165, 1.54) is 25.0 Å². The van der Waals surface area contributed by atoms with E-state index >= 15 is 0 Å². The Bertz CT molecular complexity index is 290. The molecule has 0 saturated carbocycles. The van der Waals surface area contributed by atoms with Crippen molar-refractivity contribution in [1.29, 1.82) is 0 Å². The zero-order valence-corrected chi connectivity index (χ0v) is 12.3. The lowest BCUT2D eigenvalue weighted by molar-refractivity contribution is -0.119. The predicted molar refractivity (Wildman–Crippen MR) is 79.8 cm³/mol. The maximum atomic E-state index is 11.6. The summed E-state index contributed by atoms with van der Waals surface area (Å²) < 4.78 is 0. The number of amidine groups is 1. The van der Waals surface area contributed by atoms with Crippen molar-refractivity contribution in [2.75, 3.05) is 18.1 Å². The number of amides is 1. The minimum atomic E-state index is 0.131. The molecule has 2 aliphatic heterocycles. The van der Waals surface area contributed by atoms with Gasteiger partial charge in [0.15, 0.2) is 5.17 Å². The van der Waals surface area contributed by atoms with Gasteiger partial charge in [-0.1, -0.05) is 39.8 Å². The van der Waals surface area contributed by atoms with Crippen molar-refractivity contribution in [3.05, 3.63) is 0 Å². The van der Waals surface area contributed by atoms with E-state index < -0.39 is 0 Å². The van der Waals surface area contributed by atoms with Gasteiger partial charge >= 0.3 is 0 Å². The number of nitrogens with one attached hydrogen (secondary N) is 1. The van der Waals surface area contributed by atoms with E-state index in [0.717, 1.165) is 29.1 Å². The Labute approximate surface area is 115 Å². The Morgan fingerprint density at radius 3 is 3.06 bits per heavy atom. The third kappa shape index (κ3) is 5.14. The molecule has 3 nitrogen and oxygen atoms in total. The van der Waals surface area contributed by atoms with Gasteiger partial charge in [0.2, 0.25) is 5.91 Å². The maximum absolute atomic E-state index is 11.6. The Balaban J connectivity index is 1.50. The maximum Gasteiger partial charge on any atom is 0.225 e. The molecule has 0 aromatic carbocycles. The van der Waals surface area contributed by atoms with Gasteiger partial charge in [-0.05, 0) is 19.3 Å². The number of rotatable bonds is 5. The van der Waals surface area contributed by atoms with Gasteiger partial charge in [-0.15, -0.1) is 0 Å². The first-order valence-electron chi connectivity index (χ1n) is 6.10. The van der Waals surface area contributed by atoms with Gasteiger partial charge in [0, 0.05) is 23.2 Å². The van der Waals surface area contributed by atoms with Crippen LogP contribution in [0.25, 0.3) is 0 Å². The Kier molecular flexibility index (Phi) is 6.08. The van der Waals surface area contributed by atoms with Gasteiger partial charge in [0.05, 0.1) is 6.54 Å². The van der Waals surface area contributed by atoms with Crippen molar-refractivity contribution >= 4 is 44.4 Å². The number of carbonyl (C=O) groups is 1. The highest BCUT2D eigenvalue weighted by Crippen LogP contribution is 2.39. The standard InChI is InChI=1S/C11H18N2OS3/c14-10(13-11-12-6-8-15-11)4-2-1-3-9-5-7-16-17-9/h9H,1-8H2,(H,12,13,14). The van der Waals surface area contributed by atoms with Crippen molar-refractivity contribution in [2.24, 2.45) is 4.99 Å². The molecule has 2 heterocycles. The molecule has 1 amide bonds. The Morgan fingerprint density at radius 2 is 2.35 bits per heavy atom. The molecule has 17 heavy (non-hydrogen) atoms. The van der Waals surface area contributed by atoms with Crippen molar-refractivity contribution in [2.45, 2.75) is 37.4 Å². The first kappa shape index (κ1) is 13.6. The third-order valence-corrected chi connectivity index (χ3v) is 6.64. The second-order valence-corrected chi connectivity index (χ2v) is 8.03. The first-order chi connectivity index (χ1) is 8.34. The van der Waals surface area contributed by atoms with E-state index in [4.69, 9.17) is 0 Å². The van der Waals surface area contributed by atoms with E-state index in [1.54, 1.807) is 11.8 Å². The van der Waals surface area contributed by atoms with Gasteiger partial charge in [-0.3, -0.25) is 9.79 Å². The quantitative estimate of drug-likeness (QED) is 0.624. The molecule has 1 fully saturated rings. The van der Waals surface area contributed by atoms with Crippen LogP contribution < -0.4 is 5.32 Å². The van der Waals surface area contributed by atoms with E-state index in [0.29, 0.717) is 6.42 Å². The zero-order valence-electron chi connectivity index (χ0n) is 9.81. The summed E-state index contributed by atoms with van der Waals surface area (Å²) in [7, 11) is 4.01. The van der Waals surface area contributed by atoms with Crippen molar-refractivity contribution < 1.29 is 4.79 Å². The first-order valence-corrected chi connectivity index (χ1v) is 9.47. The molecule has 6 heteroatoms. The van der Waals surface area contributed by atoms with E-state index in [2.05, 4.69) is 10.3 Å². The summed E-state index contributed by atoms with van der Waals surface area (Å²) in [6.45, 7) is 0.844. The number of nitrogens with zero attached hydrogens (tertiary/aromatic N) is 1. The van der Waals surface area contributed by atoms with E-state index in [9.17, 15) is 4.79 Å². The van der Waals surface area contributed by atoms with Crippen LogP contribution in [0.5, 0.6) is 0 Å². The molecule has 1 unspecified atom stereocenters. The summed E-state index contributed by atoms with van der Waals surface area (Å²) in [5.74, 6) is 2.44. The number of thioether (sulfide) groups is 1. The summed E-state index contributed by atoms with van der Waals surface area (Å²) in [4.78, 5) is 15.8. The molecule has 2 rings (SSSR count). The fourth-order valence-corrected chi connectivity index (χ4v) is 5.59. The Hall–Kier alpha value is 0.190. The number of hydrogen-bond acceptors (Lipinski definition) is 5. The average molecular weight is 290 g/mol. The fourth-order valence-electron chi connectivity index (χ4n) is 1.81. The summed E-state index contributed by atoms with van der Waals surface area (Å²) in [6, 6.07) is 0. The lowest BCUT2D eigenvalue weighted by Crippen LogP contribution is -2.26.